The molecule has 0 saturated carbocycles. The molecule has 24 heavy (non-hydrogen) atoms. The Bertz CT molecular complexity index is 736. The van der Waals surface area contributed by atoms with Crippen molar-refractivity contribution in [2.75, 3.05) is 11.9 Å². The number of fused-ring (bicyclic) bond motifs is 3. The fourth-order valence-electron chi connectivity index (χ4n) is 5.30. The van der Waals surface area contributed by atoms with Crippen molar-refractivity contribution >= 4 is 5.69 Å². The molecule has 1 aromatic heterocycles. The van der Waals surface area contributed by atoms with Crippen molar-refractivity contribution in [1.29, 1.82) is 0 Å². The Morgan fingerprint density at radius 3 is 2.75 bits per heavy atom. The quantitative estimate of drug-likeness (QED) is 0.941. The SMILES string of the molecule is Cn1nccc1C1CC2CCC(C1)N2Cc1cccc2c1NCC2. The largest absolute Gasteiger partial charge is 0.384 e. The minimum absolute atomic E-state index is 0.686. The normalized spacial score (nSPS) is 28.8. The van der Waals surface area contributed by atoms with E-state index in [2.05, 4.69) is 51.3 Å². The summed E-state index contributed by atoms with van der Waals surface area (Å²) in [7, 11) is 2.09. The molecule has 0 amide bonds. The zero-order valence-electron chi connectivity index (χ0n) is 14.4. The molecule has 3 aliphatic rings. The molecular weight excluding hydrogens is 296 g/mol. The summed E-state index contributed by atoms with van der Waals surface area (Å²) in [4.78, 5) is 2.79. The summed E-state index contributed by atoms with van der Waals surface area (Å²) in [5, 5.41) is 7.99. The van der Waals surface area contributed by atoms with E-state index in [1.54, 1.807) is 0 Å². The van der Waals surface area contributed by atoms with Gasteiger partial charge >= 0.3 is 0 Å². The number of rotatable bonds is 3. The van der Waals surface area contributed by atoms with Gasteiger partial charge in [0.2, 0.25) is 0 Å². The molecule has 4 heteroatoms. The van der Waals surface area contributed by atoms with E-state index in [0.29, 0.717) is 5.92 Å². The third-order valence-corrected chi connectivity index (χ3v) is 6.45. The second-order valence-electron chi connectivity index (χ2n) is 7.73. The average molecular weight is 322 g/mol. The fraction of sp³-hybridized carbons (Fsp3) is 0.550. The smallest absolute Gasteiger partial charge is 0.0492 e. The number of para-hydroxylation sites is 1. The van der Waals surface area contributed by atoms with Crippen LogP contribution in [0.4, 0.5) is 5.69 Å². The highest BCUT2D eigenvalue weighted by Gasteiger charge is 2.41. The second-order valence-corrected chi connectivity index (χ2v) is 7.73. The molecule has 4 nitrogen and oxygen atoms in total. The van der Waals surface area contributed by atoms with E-state index in [1.807, 2.05) is 6.20 Å². The Balaban J connectivity index is 1.36. The first-order chi connectivity index (χ1) is 11.8. The van der Waals surface area contributed by atoms with E-state index in [0.717, 1.165) is 25.2 Å². The molecule has 5 rings (SSSR count). The van der Waals surface area contributed by atoms with Crippen LogP contribution in [0.1, 0.15) is 48.4 Å². The molecule has 0 radical (unpaired) electrons. The predicted octanol–water partition coefficient (Wildman–Crippen LogP) is 3.30. The lowest BCUT2D eigenvalue weighted by atomic mass is 9.87. The summed E-state index contributed by atoms with van der Waals surface area (Å²) >= 11 is 0. The molecule has 1 N–H and O–H groups in total. The number of aryl methyl sites for hydroxylation is 1. The van der Waals surface area contributed by atoms with E-state index in [1.165, 1.54) is 54.6 Å². The highest BCUT2D eigenvalue weighted by molar-refractivity contribution is 5.61. The van der Waals surface area contributed by atoms with E-state index in [4.69, 9.17) is 0 Å². The maximum atomic E-state index is 4.38. The van der Waals surface area contributed by atoms with Crippen LogP contribution in [0.15, 0.2) is 30.5 Å². The Morgan fingerprint density at radius 1 is 1.17 bits per heavy atom. The minimum Gasteiger partial charge on any atom is -0.384 e. The average Bonchev–Trinajstić information content (AvgIpc) is 3.27. The van der Waals surface area contributed by atoms with Crippen LogP contribution in [-0.2, 0) is 20.0 Å². The van der Waals surface area contributed by atoms with Crippen molar-refractivity contribution < 1.29 is 0 Å². The highest BCUT2D eigenvalue weighted by atomic mass is 15.3. The maximum absolute atomic E-state index is 4.38. The molecule has 3 aliphatic heterocycles. The number of anilines is 1. The van der Waals surface area contributed by atoms with Gasteiger partial charge in [0, 0.05) is 55.7 Å². The molecule has 2 unspecified atom stereocenters. The summed E-state index contributed by atoms with van der Waals surface area (Å²) in [6.45, 7) is 2.21. The second kappa shape index (κ2) is 5.62. The van der Waals surface area contributed by atoms with Crippen molar-refractivity contribution in [3.63, 3.8) is 0 Å². The summed E-state index contributed by atoms with van der Waals surface area (Å²) in [5.74, 6) is 0.686. The Kier molecular flexibility index (Phi) is 3.40. The molecule has 126 valence electrons. The monoisotopic (exact) mass is 322 g/mol. The summed E-state index contributed by atoms with van der Waals surface area (Å²) in [6, 6.07) is 10.5. The lowest BCUT2D eigenvalue weighted by Gasteiger charge is -2.39. The number of hydrogen-bond acceptors (Lipinski definition) is 3. The molecule has 0 spiro atoms. The van der Waals surface area contributed by atoms with Gasteiger partial charge in [-0.3, -0.25) is 9.58 Å². The molecule has 1 aromatic carbocycles. The van der Waals surface area contributed by atoms with Crippen LogP contribution in [0.5, 0.6) is 0 Å². The van der Waals surface area contributed by atoms with Gasteiger partial charge in [-0.05, 0) is 49.3 Å². The van der Waals surface area contributed by atoms with Gasteiger partial charge in [-0.1, -0.05) is 18.2 Å². The lowest BCUT2D eigenvalue weighted by molar-refractivity contribution is 0.117. The van der Waals surface area contributed by atoms with Gasteiger partial charge in [0.15, 0.2) is 0 Å². The molecule has 2 bridgehead atoms. The van der Waals surface area contributed by atoms with Crippen LogP contribution in [-0.4, -0.2) is 33.3 Å². The molecule has 2 aromatic rings. The van der Waals surface area contributed by atoms with E-state index in [-0.39, 0.29) is 0 Å². The van der Waals surface area contributed by atoms with Gasteiger partial charge in [0.05, 0.1) is 0 Å². The number of benzene rings is 1. The van der Waals surface area contributed by atoms with Crippen LogP contribution < -0.4 is 5.32 Å². The molecule has 2 saturated heterocycles. The molecule has 4 heterocycles. The Morgan fingerprint density at radius 2 is 2.00 bits per heavy atom. The summed E-state index contributed by atoms with van der Waals surface area (Å²) in [5.41, 5.74) is 5.85. The van der Waals surface area contributed by atoms with Crippen LogP contribution in [0.2, 0.25) is 0 Å². The fourth-order valence-corrected chi connectivity index (χ4v) is 5.30. The topological polar surface area (TPSA) is 33.1 Å². The van der Waals surface area contributed by atoms with Gasteiger partial charge in [0.25, 0.3) is 0 Å². The molecule has 2 atom stereocenters. The molecule has 0 aliphatic carbocycles. The molecular formula is C20H26N4. The van der Waals surface area contributed by atoms with Crippen molar-refractivity contribution in [3.8, 4) is 0 Å². The Labute approximate surface area is 143 Å². The molecule has 2 fully saturated rings. The zero-order valence-corrected chi connectivity index (χ0v) is 14.4. The third kappa shape index (κ3) is 2.27. The van der Waals surface area contributed by atoms with Gasteiger partial charge in [-0.15, -0.1) is 0 Å². The standard InChI is InChI=1S/C20H26N4/c1-23-19(8-10-22-23)16-11-17-5-6-18(12-16)24(17)13-15-4-2-3-14-7-9-21-20(14)15/h2-4,8,10,16-18,21H,5-7,9,11-13H2,1H3. The third-order valence-electron chi connectivity index (χ3n) is 6.45. The van der Waals surface area contributed by atoms with Crippen LogP contribution in [0.3, 0.4) is 0 Å². The zero-order chi connectivity index (χ0) is 16.1. The highest BCUT2D eigenvalue weighted by Crippen LogP contribution is 2.44. The number of nitrogens with one attached hydrogen (secondary N) is 1. The van der Waals surface area contributed by atoms with Crippen molar-refractivity contribution in [1.82, 2.24) is 14.7 Å². The predicted molar refractivity (Wildman–Crippen MR) is 96.2 cm³/mol. The maximum Gasteiger partial charge on any atom is 0.0492 e. The summed E-state index contributed by atoms with van der Waals surface area (Å²) < 4.78 is 2.08. The van der Waals surface area contributed by atoms with Crippen molar-refractivity contribution in [3.05, 3.63) is 47.3 Å². The number of aromatic nitrogens is 2. The van der Waals surface area contributed by atoms with Crippen molar-refractivity contribution in [2.45, 2.75) is 56.7 Å². The van der Waals surface area contributed by atoms with Crippen molar-refractivity contribution in [2.24, 2.45) is 7.05 Å². The Hall–Kier alpha value is -1.81. The summed E-state index contributed by atoms with van der Waals surface area (Å²) in [6.07, 6.45) is 8.43. The van der Waals surface area contributed by atoms with Crippen LogP contribution in [0.25, 0.3) is 0 Å². The van der Waals surface area contributed by atoms with Gasteiger partial charge < -0.3 is 5.32 Å². The minimum atomic E-state index is 0.686. The number of piperidine rings is 1. The van der Waals surface area contributed by atoms with Crippen LogP contribution >= 0.6 is 0 Å². The van der Waals surface area contributed by atoms with Gasteiger partial charge in [-0.25, -0.2) is 0 Å². The first kappa shape index (κ1) is 14.5. The van der Waals surface area contributed by atoms with Crippen LogP contribution in [0, 0.1) is 0 Å². The lowest BCUT2D eigenvalue weighted by Crippen LogP contribution is -2.42. The number of nitrogens with zero attached hydrogens (tertiary/aromatic N) is 3. The van der Waals surface area contributed by atoms with E-state index in [9.17, 15) is 0 Å². The van der Waals surface area contributed by atoms with E-state index < -0.39 is 0 Å². The first-order valence-corrected chi connectivity index (χ1v) is 9.38. The van der Waals surface area contributed by atoms with Gasteiger partial charge in [0.1, 0.15) is 0 Å². The van der Waals surface area contributed by atoms with E-state index >= 15 is 0 Å². The van der Waals surface area contributed by atoms with Gasteiger partial charge in [-0.2, -0.15) is 5.10 Å². The number of hydrogen-bond donors (Lipinski definition) is 1. The first-order valence-electron chi connectivity index (χ1n) is 9.38.